The number of phosphoric ester groups is 1. The van der Waals surface area contributed by atoms with E-state index in [2.05, 4.69) is 44.3 Å². The van der Waals surface area contributed by atoms with Crippen LogP contribution in [0.2, 0.25) is 0 Å². The maximum atomic E-state index is 13.7. The lowest BCUT2D eigenvalue weighted by Gasteiger charge is -2.27. The van der Waals surface area contributed by atoms with Crippen LogP contribution in [-0.4, -0.2) is 74.3 Å². The monoisotopic (exact) mass is 1300 g/mol. The highest BCUT2D eigenvalue weighted by molar-refractivity contribution is 7.47. The maximum Gasteiger partial charge on any atom is 0.472 e. The highest BCUT2D eigenvalue weighted by atomic mass is 31.2. The van der Waals surface area contributed by atoms with Crippen molar-refractivity contribution in [1.82, 2.24) is 5.32 Å². The number of phosphoric acid groups is 1. The molecule has 0 aromatic carbocycles. The van der Waals surface area contributed by atoms with Crippen molar-refractivity contribution in [3.8, 4) is 0 Å². The number of quaternary nitrogens is 1. The second kappa shape index (κ2) is 71.3. The number of nitrogens with zero attached hydrogens (tertiary/aromatic N) is 1. The van der Waals surface area contributed by atoms with Crippen molar-refractivity contribution in [3.63, 3.8) is 0 Å². The van der Waals surface area contributed by atoms with Gasteiger partial charge in [-0.05, 0) is 57.4 Å². The van der Waals surface area contributed by atoms with Gasteiger partial charge in [-0.1, -0.05) is 386 Å². The Hall–Kier alpha value is -1.51. The van der Waals surface area contributed by atoms with Crippen molar-refractivity contribution in [2.24, 2.45) is 0 Å². The molecular formula is C81H160N2O7P+. The van der Waals surface area contributed by atoms with Gasteiger partial charge in [0.2, 0.25) is 5.91 Å². The third kappa shape index (κ3) is 72.6. The van der Waals surface area contributed by atoms with Crippen LogP contribution in [0.4, 0.5) is 0 Å². The summed E-state index contributed by atoms with van der Waals surface area (Å²) in [5.74, 6) is -0.476. The number of amides is 1. The molecule has 1 amide bonds. The maximum absolute atomic E-state index is 13.7. The van der Waals surface area contributed by atoms with Crippen molar-refractivity contribution < 1.29 is 37.3 Å². The zero-order valence-electron chi connectivity index (χ0n) is 62.1. The Kier molecular flexibility index (Phi) is 70.1. The molecule has 0 aromatic rings. The largest absolute Gasteiger partial charge is 0.472 e. The van der Waals surface area contributed by atoms with Gasteiger partial charge in [0.05, 0.1) is 33.8 Å². The van der Waals surface area contributed by atoms with Gasteiger partial charge in [-0.25, -0.2) is 4.57 Å². The molecule has 0 rings (SSSR count). The van der Waals surface area contributed by atoms with Crippen molar-refractivity contribution in [2.45, 2.75) is 444 Å². The normalized spacial score (nSPS) is 13.4. The van der Waals surface area contributed by atoms with E-state index in [1.807, 2.05) is 27.2 Å². The highest BCUT2D eigenvalue weighted by Gasteiger charge is 2.30. The molecule has 0 saturated heterocycles. The molecule has 0 radical (unpaired) electrons. The fraction of sp³-hybridized carbons (Fsp3) is 0.926. The molecule has 0 aliphatic heterocycles. The fourth-order valence-corrected chi connectivity index (χ4v) is 13.4. The minimum atomic E-state index is -4.45. The predicted molar refractivity (Wildman–Crippen MR) is 397 cm³/mol. The number of hydrogen-bond donors (Lipinski definition) is 2. The summed E-state index contributed by atoms with van der Waals surface area (Å²) in [6, 6.07) is -0.843. The van der Waals surface area contributed by atoms with Gasteiger partial charge in [-0.3, -0.25) is 18.6 Å². The average Bonchev–Trinajstić information content (AvgIpc) is 3.03. The Morgan fingerprint density at radius 3 is 0.934 bits per heavy atom. The first kappa shape index (κ1) is 89.5. The van der Waals surface area contributed by atoms with E-state index < -0.39 is 20.0 Å². The van der Waals surface area contributed by atoms with Gasteiger partial charge in [-0.2, -0.15) is 0 Å². The van der Waals surface area contributed by atoms with Gasteiger partial charge >= 0.3 is 13.8 Å². The van der Waals surface area contributed by atoms with E-state index in [9.17, 15) is 19.0 Å². The van der Waals surface area contributed by atoms with Crippen LogP contribution < -0.4 is 5.32 Å². The summed E-state index contributed by atoms with van der Waals surface area (Å²) >= 11 is 0. The number of carbonyl (C=O) groups excluding carboxylic acids is 2. The molecular weight excluding hydrogens is 1140 g/mol. The molecule has 2 N–H and O–H groups in total. The number of nitrogens with one attached hydrogen (secondary N) is 1. The SMILES string of the molecule is CCCCCCCC/C=C/CCCCCCCCCCCCCCCCCCCC(=O)OC(/C=C/CCCCCCCCCCC)C(COP(=O)(O)OCC[N+](C)(C)C)NC(=O)CCCCCCCCCCCCCCCCCCCCCCCCCCCCC. The first-order valence-electron chi connectivity index (χ1n) is 40.7. The van der Waals surface area contributed by atoms with Crippen LogP contribution in [-0.2, 0) is 27.9 Å². The van der Waals surface area contributed by atoms with Crippen molar-refractivity contribution in [2.75, 3.05) is 40.9 Å². The third-order valence-electron chi connectivity index (χ3n) is 18.9. The molecule has 3 unspecified atom stereocenters. The molecule has 0 bridgehead atoms. The van der Waals surface area contributed by atoms with E-state index in [1.165, 1.54) is 340 Å². The lowest BCUT2D eigenvalue weighted by molar-refractivity contribution is -0.870. The van der Waals surface area contributed by atoms with Gasteiger partial charge in [0, 0.05) is 12.8 Å². The van der Waals surface area contributed by atoms with Crippen LogP contribution >= 0.6 is 7.82 Å². The molecule has 0 aliphatic carbocycles. The van der Waals surface area contributed by atoms with Gasteiger partial charge in [0.15, 0.2) is 0 Å². The first-order chi connectivity index (χ1) is 44.4. The Morgan fingerprint density at radius 1 is 0.374 bits per heavy atom. The zero-order valence-corrected chi connectivity index (χ0v) is 63.0. The quantitative estimate of drug-likeness (QED) is 0.0205. The predicted octanol–water partition coefficient (Wildman–Crippen LogP) is 26.4. The van der Waals surface area contributed by atoms with Crippen LogP contribution in [0.1, 0.15) is 432 Å². The minimum Gasteiger partial charge on any atom is -0.456 e. The molecule has 3 atom stereocenters. The third-order valence-corrected chi connectivity index (χ3v) is 19.9. The summed E-state index contributed by atoms with van der Waals surface area (Å²) in [7, 11) is 1.52. The lowest BCUT2D eigenvalue weighted by Crippen LogP contribution is -2.47. The van der Waals surface area contributed by atoms with E-state index in [-0.39, 0.29) is 25.1 Å². The fourth-order valence-electron chi connectivity index (χ4n) is 12.6. The Bertz CT molecular complexity index is 1600. The number of allylic oxidation sites excluding steroid dienone is 3. The summed E-state index contributed by atoms with van der Waals surface area (Å²) in [6.07, 6.45) is 89.5. The number of hydrogen-bond acceptors (Lipinski definition) is 6. The summed E-state index contributed by atoms with van der Waals surface area (Å²) in [5.41, 5.74) is 0. The number of ether oxygens (including phenoxy) is 1. The minimum absolute atomic E-state index is 0.0451. The van der Waals surface area contributed by atoms with Crippen molar-refractivity contribution in [3.05, 3.63) is 24.3 Å². The second-order valence-corrected chi connectivity index (χ2v) is 30.8. The Morgan fingerprint density at radius 2 is 0.637 bits per heavy atom. The average molecular weight is 1310 g/mol. The molecule has 0 aliphatic rings. The zero-order chi connectivity index (χ0) is 66.3. The summed E-state index contributed by atoms with van der Waals surface area (Å²) < 4.78 is 30.9. The topological polar surface area (TPSA) is 111 Å². The van der Waals surface area contributed by atoms with Crippen LogP contribution in [0.15, 0.2) is 24.3 Å². The summed E-state index contributed by atoms with van der Waals surface area (Å²) in [5, 5.41) is 3.09. The van der Waals surface area contributed by atoms with Crippen LogP contribution in [0.5, 0.6) is 0 Å². The van der Waals surface area contributed by atoms with E-state index in [0.717, 1.165) is 57.8 Å². The molecule has 9 nitrogen and oxygen atoms in total. The lowest BCUT2D eigenvalue weighted by atomic mass is 10.0. The van der Waals surface area contributed by atoms with Crippen LogP contribution in [0.3, 0.4) is 0 Å². The number of likely N-dealkylation sites (N-methyl/N-ethyl adjacent to an activating group) is 1. The molecule has 540 valence electrons. The van der Waals surface area contributed by atoms with E-state index >= 15 is 0 Å². The second-order valence-electron chi connectivity index (χ2n) is 29.3. The number of rotatable bonds is 76. The molecule has 0 saturated carbocycles. The van der Waals surface area contributed by atoms with E-state index in [1.54, 1.807) is 0 Å². The molecule has 10 heteroatoms. The van der Waals surface area contributed by atoms with Gasteiger partial charge < -0.3 is 19.4 Å². The van der Waals surface area contributed by atoms with E-state index in [0.29, 0.717) is 23.9 Å². The Labute approximate surface area is 568 Å². The van der Waals surface area contributed by atoms with E-state index in [4.69, 9.17) is 13.8 Å². The molecule has 91 heavy (non-hydrogen) atoms. The number of unbranched alkanes of at least 4 members (excludes halogenated alkanes) is 58. The first-order valence-corrected chi connectivity index (χ1v) is 42.2. The van der Waals surface area contributed by atoms with Crippen LogP contribution in [0, 0.1) is 0 Å². The van der Waals surface area contributed by atoms with Gasteiger partial charge in [0.1, 0.15) is 19.3 Å². The number of esters is 1. The number of carbonyl (C=O) groups is 2. The van der Waals surface area contributed by atoms with Gasteiger partial charge in [0.25, 0.3) is 0 Å². The summed E-state index contributed by atoms with van der Waals surface area (Å²) in [6.45, 7) is 7.09. The standard InChI is InChI=1S/C81H159N2O7P/c1-7-10-13-16-19-22-25-27-29-31-33-35-37-39-41-43-45-47-49-51-53-55-58-61-64-67-70-73-80(84)82-78(77-89-91(86,87)88-76-75-83(4,5)6)79(72-69-66-63-60-57-24-21-18-15-12-9-3)90-81(85)74-71-68-65-62-59-56-54-52-50-48-46-44-42-40-38-36-34-32-30-28-26-23-20-17-14-11-8-2/h28,30,69,72,78-79H,7-27,29,31-68,70-71,73-77H2,1-6H3,(H-,82,84,86,87)/p+1/b30-28+,72-69+. The Balaban J connectivity index is 4.80. The van der Waals surface area contributed by atoms with Crippen LogP contribution in [0.25, 0.3) is 0 Å². The van der Waals surface area contributed by atoms with Gasteiger partial charge in [-0.15, -0.1) is 0 Å². The van der Waals surface area contributed by atoms with Crippen molar-refractivity contribution in [1.29, 1.82) is 0 Å². The van der Waals surface area contributed by atoms with Crippen molar-refractivity contribution >= 4 is 19.7 Å². The molecule has 0 fully saturated rings. The summed E-state index contributed by atoms with van der Waals surface area (Å²) in [4.78, 5) is 38.0. The molecule has 0 heterocycles. The highest BCUT2D eigenvalue weighted by Crippen LogP contribution is 2.43. The molecule has 0 spiro atoms. The molecule has 0 aromatic heterocycles. The smallest absolute Gasteiger partial charge is 0.456 e.